The van der Waals surface area contributed by atoms with Crippen LogP contribution in [0.2, 0.25) is 0 Å². The van der Waals surface area contributed by atoms with Gasteiger partial charge in [0.2, 0.25) is 5.91 Å². The predicted molar refractivity (Wildman–Crippen MR) is 110 cm³/mol. The number of rotatable bonds is 5. The van der Waals surface area contributed by atoms with Gasteiger partial charge in [-0.05, 0) is 62.6 Å². The normalized spacial score (nSPS) is 13.7. The zero-order chi connectivity index (χ0) is 21.0. The van der Waals surface area contributed by atoms with Gasteiger partial charge in [0, 0.05) is 23.0 Å². The van der Waals surface area contributed by atoms with Crippen molar-refractivity contribution in [3.63, 3.8) is 0 Å². The van der Waals surface area contributed by atoms with Crippen LogP contribution >= 0.6 is 0 Å². The first-order chi connectivity index (χ1) is 13.9. The molecule has 0 radical (unpaired) electrons. The van der Waals surface area contributed by atoms with Gasteiger partial charge < -0.3 is 15.2 Å². The molecule has 0 saturated heterocycles. The maximum atomic E-state index is 12.4. The summed E-state index contributed by atoms with van der Waals surface area (Å²) in [6.07, 6.45) is 4.33. The van der Waals surface area contributed by atoms with Crippen molar-refractivity contribution in [1.82, 2.24) is 9.88 Å². The summed E-state index contributed by atoms with van der Waals surface area (Å²) in [6.45, 7) is 3.23. The third kappa shape index (κ3) is 4.72. The van der Waals surface area contributed by atoms with E-state index in [1.807, 2.05) is 6.07 Å². The van der Waals surface area contributed by atoms with Gasteiger partial charge in [-0.25, -0.2) is 0 Å². The number of benzene rings is 1. The summed E-state index contributed by atoms with van der Waals surface area (Å²) in [5, 5.41) is 14.9. The molecule has 1 saturated carbocycles. The van der Waals surface area contributed by atoms with Crippen molar-refractivity contribution in [2.24, 2.45) is 0 Å². The standard InChI is InChI=1S/C22H24N4O3/c1-14-11-15(2)26(22(29)19(14)12-23)13-20(27)24-18-9-7-16(8-10-18)21(28)25-17-5-3-4-6-17/h7-11,17H,3-6,13H2,1-2H3,(H,24,27)(H,25,28). The molecular weight excluding hydrogens is 368 g/mol. The number of pyridine rings is 1. The molecule has 29 heavy (non-hydrogen) atoms. The Kier molecular flexibility index (Phi) is 6.13. The van der Waals surface area contributed by atoms with Gasteiger partial charge in [-0.2, -0.15) is 5.26 Å². The quantitative estimate of drug-likeness (QED) is 0.816. The van der Waals surface area contributed by atoms with E-state index in [0.717, 1.165) is 25.7 Å². The Labute approximate surface area is 169 Å². The Morgan fingerprint density at radius 1 is 1.17 bits per heavy atom. The molecule has 1 heterocycles. The third-order valence-corrected chi connectivity index (χ3v) is 5.24. The predicted octanol–water partition coefficient (Wildman–Crippen LogP) is 2.65. The summed E-state index contributed by atoms with van der Waals surface area (Å²) in [6, 6.07) is 10.5. The molecule has 3 rings (SSSR count). The Hall–Kier alpha value is -3.40. The van der Waals surface area contributed by atoms with Crippen LogP contribution < -0.4 is 16.2 Å². The highest BCUT2D eigenvalue weighted by Gasteiger charge is 2.18. The Balaban J connectivity index is 1.65. The number of carbonyl (C=O) groups excluding carboxylic acids is 2. The van der Waals surface area contributed by atoms with Crippen molar-refractivity contribution in [2.75, 3.05) is 5.32 Å². The maximum absolute atomic E-state index is 12.4. The van der Waals surface area contributed by atoms with Crippen LogP contribution in [0.1, 0.15) is 52.9 Å². The highest BCUT2D eigenvalue weighted by atomic mass is 16.2. The van der Waals surface area contributed by atoms with Crippen LogP contribution in [0.3, 0.4) is 0 Å². The van der Waals surface area contributed by atoms with E-state index < -0.39 is 5.56 Å². The number of carbonyl (C=O) groups is 2. The summed E-state index contributed by atoms with van der Waals surface area (Å²) < 4.78 is 1.28. The lowest BCUT2D eigenvalue weighted by atomic mass is 10.1. The molecule has 0 spiro atoms. The smallest absolute Gasteiger partial charge is 0.269 e. The highest BCUT2D eigenvalue weighted by molar-refractivity contribution is 5.96. The van der Waals surface area contributed by atoms with Gasteiger partial charge in [0.1, 0.15) is 18.2 Å². The van der Waals surface area contributed by atoms with Crippen molar-refractivity contribution in [2.45, 2.75) is 52.1 Å². The fourth-order valence-electron chi connectivity index (χ4n) is 3.65. The summed E-state index contributed by atoms with van der Waals surface area (Å²) in [4.78, 5) is 37.1. The van der Waals surface area contributed by atoms with Gasteiger partial charge in [0.25, 0.3) is 11.5 Å². The molecule has 2 N–H and O–H groups in total. The molecule has 1 aliphatic rings. The monoisotopic (exact) mass is 392 g/mol. The van der Waals surface area contributed by atoms with E-state index in [2.05, 4.69) is 10.6 Å². The van der Waals surface area contributed by atoms with Crippen molar-refractivity contribution in [3.8, 4) is 6.07 Å². The molecule has 1 fully saturated rings. The fourth-order valence-corrected chi connectivity index (χ4v) is 3.65. The zero-order valence-corrected chi connectivity index (χ0v) is 16.6. The number of anilines is 1. The molecule has 2 amide bonds. The van der Waals surface area contributed by atoms with Crippen LogP contribution in [0.5, 0.6) is 0 Å². The molecule has 0 aliphatic heterocycles. The Morgan fingerprint density at radius 3 is 2.45 bits per heavy atom. The Morgan fingerprint density at radius 2 is 1.83 bits per heavy atom. The lowest BCUT2D eigenvalue weighted by Gasteiger charge is -2.13. The average Bonchev–Trinajstić information content (AvgIpc) is 3.19. The van der Waals surface area contributed by atoms with Crippen LogP contribution in [0.4, 0.5) is 5.69 Å². The number of aryl methyl sites for hydroxylation is 2. The lowest BCUT2D eigenvalue weighted by Crippen LogP contribution is -2.32. The number of hydrogen-bond donors (Lipinski definition) is 2. The van der Waals surface area contributed by atoms with Crippen molar-refractivity contribution >= 4 is 17.5 Å². The average molecular weight is 392 g/mol. The zero-order valence-electron chi connectivity index (χ0n) is 16.6. The molecule has 1 aromatic carbocycles. The molecule has 0 unspecified atom stereocenters. The largest absolute Gasteiger partial charge is 0.349 e. The van der Waals surface area contributed by atoms with E-state index in [1.165, 1.54) is 4.57 Å². The topological polar surface area (TPSA) is 104 Å². The van der Waals surface area contributed by atoms with Gasteiger partial charge >= 0.3 is 0 Å². The minimum atomic E-state index is -0.473. The molecule has 7 heteroatoms. The van der Waals surface area contributed by atoms with Gasteiger partial charge in [0.15, 0.2) is 0 Å². The van der Waals surface area contributed by atoms with E-state index >= 15 is 0 Å². The minimum Gasteiger partial charge on any atom is -0.349 e. The molecule has 150 valence electrons. The van der Waals surface area contributed by atoms with Crippen molar-refractivity contribution in [3.05, 3.63) is 63.1 Å². The van der Waals surface area contributed by atoms with Crippen LogP contribution in [-0.4, -0.2) is 22.4 Å². The first-order valence-corrected chi connectivity index (χ1v) is 9.71. The number of nitriles is 1. The fraction of sp³-hybridized carbons (Fsp3) is 0.364. The molecule has 2 aromatic rings. The van der Waals surface area contributed by atoms with Crippen LogP contribution in [0.25, 0.3) is 0 Å². The first kappa shape index (κ1) is 20.3. The van der Waals surface area contributed by atoms with Crippen LogP contribution in [0, 0.1) is 25.2 Å². The summed E-state index contributed by atoms with van der Waals surface area (Å²) >= 11 is 0. The molecule has 0 bridgehead atoms. The minimum absolute atomic E-state index is 0.0426. The van der Waals surface area contributed by atoms with E-state index in [1.54, 1.807) is 44.2 Å². The number of hydrogen-bond acceptors (Lipinski definition) is 4. The van der Waals surface area contributed by atoms with Gasteiger partial charge in [-0.1, -0.05) is 12.8 Å². The van der Waals surface area contributed by atoms with E-state index in [4.69, 9.17) is 5.26 Å². The molecule has 1 aliphatic carbocycles. The van der Waals surface area contributed by atoms with Gasteiger partial charge in [0.05, 0.1) is 0 Å². The van der Waals surface area contributed by atoms with Crippen molar-refractivity contribution < 1.29 is 9.59 Å². The summed E-state index contributed by atoms with van der Waals surface area (Å²) in [5.74, 6) is -0.494. The molecule has 7 nitrogen and oxygen atoms in total. The second-order valence-corrected chi connectivity index (χ2v) is 7.43. The molecule has 1 aromatic heterocycles. The first-order valence-electron chi connectivity index (χ1n) is 9.71. The number of nitrogens with zero attached hydrogens (tertiary/aromatic N) is 2. The second kappa shape index (κ2) is 8.74. The van der Waals surface area contributed by atoms with Crippen LogP contribution in [0.15, 0.2) is 35.1 Å². The summed E-state index contributed by atoms with van der Waals surface area (Å²) in [7, 11) is 0. The number of aromatic nitrogens is 1. The van der Waals surface area contributed by atoms with E-state index in [9.17, 15) is 14.4 Å². The molecule has 0 atom stereocenters. The van der Waals surface area contributed by atoms with Gasteiger partial charge in [-0.3, -0.25) is 14.4 Å². The lowest BCUT2D eigenvalue weighted by molar-refractivity contribution is -0.116. The Bertz CT molecular complexity index is 1030. The summed E-state index contributed by atoms with van der Waals surface area (Å²) in [5.41, 5.74) is 1.85. The van der Waals surface area contributed by atoms with E-state index in [0.29, 0.717) is 22.5 Å². The highest BCUT2D eigenvalue weighted by Crippen LogP contribution is 2.18. The van der Waals surface area contributed by atoms with Gasteiger partial charge in [-0.15, -0.1) is 0 Å². The van der Waals surface area contributed by atoms with E-state index in [-0.39, 0.29) is 30.0 Å². The third-order valence-electron chi connectivity index (χ3n) is 5.24. The SMILES string of the molecule is Cc1cc(C)n(CC(=O)Nc2ccc(C(=O)NC3CCCC3)cc2)c(=O)c1C#N. The molecular formula is C22H24N4O3. The maximum Gasteiger partial charge on any atom is 0.269 e. The number of amides is 2. The number of nitrogens with one attached hydrogen (secondary N) is 2. The second-order valence-electron chi connectivity index (χ2n) is 7.43. The van der Waals surface area contributed by atoms with Crippen LogP contribution in [-0.2, 0) is 11.3 Å². The van der Waals surface area contributed by atoms with Crippen molar-refractivity contribution in [1.29, 1.82) is 5.26 Å².